The fraction of sp³-hybridized carbons (Fsp3) is 0.261. The maximum atomic E-state index is 12.1. The minimum Gasteiger partial charge on any atom is -0.431 e. The highest BCUT2D eigenvalue weighted by atomic mass is 35.5. The normalized spacial score (nSPS) is 16.0. The molecule has 5 rings (SSSR count). The third-order valence-electron chi connectivity index (χ3n) is 5.51. The first-order chi connectivity index (χ1) is 13.3. The van der Waals surface area contributed by atoms with E-state index >= 15 is 0 Å². The molecule has 0 spiro atoms. The highest BCUT2D eigenvalue weighted by Crippen LogP contribution is 2.34. The van der Waals surface area contributed by atoms with E-state index in [2.05, 4.69) is 41.7 Å². The van der Waals surface area contributed by atoms with E-state index in [1.54, 1.807) is 0 Å². The van der Waals surface area contributed by atoms with Crippen LogP contribution in [0.2, 0.25) is 0 Å². The minimum atomic E-state index is -0.620. The SMILES string of the molecule is Cl.O=C(Oc1ccc2c(ccc3c4c(ccc32)C=CC4)c1)OC1CCNCC1. The molecule has 144 valence electrons. The molecule has 1 fully saturated rings. The van der Waals surface area contributed by atoms with Gasteiger partial charge in [-0.05, 0) is 77.2 Å². The van der Waals surface area contributed by atoms with Crippen molar-refractivity contribution in [3.63, 3.8) is 0 Å². The number of halogens is 1. The van der Waals surface area contributed by atoms with Crippen LogP contribution in [0.15, 0.2) is 48.5 Å². The Bertz CT molecular complexity index is 1070. The Morgan fingerprint density at radius 3 is 2.61 bits per heavy atom. The lowest BCUT2D eigenvalue weighted by Crippen LogP contribution is -2.34. The van der Waals surface area contributed by atoms with Crippen LogP contribution in [-0.2, 0) is 11.2 Å². The molecule has 1 saturated heterocycles. The maximum absolute atomic E-state index is 12.1. The van der Waals surface area contributed by atoms with Crippen LogP contribution in [0.1, 0.15) is 24.0 Å². The summed E-state index contributed by atoms with van der Waals surface area (Å²) in [4.78, 5) is 12.1. The average Bonchev–Trinajstić information content (AvgIpc) is 3.17. The molecule has 28 heavy (non-hydrogen) atoms. The van der Waals surface area contributed by atoms with Gasteiger partial charge in [-0.2, -0.15) is 0 Å². The molecule has 3 aromatic carbocycles. The number of ether oxygens (including phenoxy) is 2. The first-order valence-corrected chi connectivity index (χ1v) is 9.52. The molecular formula is C23H22ClNO3. The Hall–Kier alpha value is -2.56. The molecule has 0 bridgehead atoms. The molecule has 4 nitrogen and oxygen atoms in total. The number of carbonyl (C=O) groups is 1. The van der Waals surface area contributed by atoms with Crippen molar-refractivity contribution < 1.29 is 14.3 Å². The number of hydrogen-bond acceptors (Lipinski definition) is 4. The molecule has 0 amide bonds. The van der Waals surface area contributed by atoms with Crippen molar-refractivity contribution in [3.05, 3.63) is 59.7 Å². The Morgan fingerprint density at radius 2 is 1.75 bits per heavy atom. The number of hydrogen-bond donors (Lipinski definition) is 1. The van der Waals surface area contributed by atoms with E-state index < -0.39 is 6.16 Å². The van der Waals surface area contributed by atoms with Gasteiger partial charge in [0.25, 0.3) is 0 Å². The van der Waals surface area contributed by atoms with Crippen LogP contribution in [0.5, 0.6) is 5.75 Å². The Labute approximate surface area is 169 Å². The van der Waals surface area contributed by atoms with Gasteiger partial charge in [0.15, 0.2) is 0 Å². The average molecular weight is 396 g/mol. The van der Waals surface area contributed by atoms with E-state index in [-0.39, 0.29) is 18.5 Å². The molecule has 0 saturated carbocycles. The molecule has 2 aliphatic rings. The Kier molecular flexibility index (Phi) is 5.25. The number of fused-ring (bicyclic) bond motifs is 5. The van der Waals surface area contributed by atoms with Crippen LogP contribution in [-0.4, -0.2) is 25.3 Å². The summed E-state index contributed by atoms with van der Waals surface area (Å²) in [6.45, 7) is 1.75. The van der Waals surface area contributed by atoms with Crippen molar-refractivity contribution in [3.8, 4) is 5.75 Å². The standard InChI is InChI=1S/C23H21NO3.ClH/c25-23(26-17-10-12-24-13-11-17)27-18-6-9-20-16(14-18)5-8-21-19-3-1-2-15(19)4-7-22(20)21;/h1-2,4-9,14,17,24H,3,10-13H2;1H. The summed E-state index contributed by atoms with van der Waals surface area (Å²) >= 11 is 0. The summed E-state index contributed by atoms with van der Waals surface area (Å²) in [7, 11) is 0. The monoisotopic (exact) mass is 395 g/mol. The lowest BCUT2D eigenvalue weighted by molar-refractivity contribution is 0.0449. The van der Waals surface area contributed by atoms with Gasteiger partial charge in [-0.25, -0.2) is 4.79 Å². The van der Waals surface area contributed by atoms with Crippen molar-refractivity contribution in [2.45, 2.75) is 25.4 Å². The second-order valence-electron chi connectivity index (χ2n) is 7.20. The van der Waals surface area contributed by atoms with E-state index in [9.17, 15) is 4.79 Å². The van der Waals surface area contributed by atoms with Crippen LogP contribution < -0.4 is 10.1 Å². The summed E-state index contributed by atoms with van der Waals surface area (Å²) in [5.41, 5.74) is 2.70. The molecule has 0 aromatic heterocycles. The third-order valence-corrected chi connectivity index (χ3v) is 5.51. The van der Waals surface area contributed by atoms with Gasteiger partial charge in [0.05, 0.1) is 0 Å². The van der Waals surface area contributed by atoms with E-state index in [0.717, 1.165) is 37.7 Å². The second-order valence-corrected chi connectivity index (χ2v) is 7.20. The topological polar surface area (TPSA) is 47.6 Å². The predicted molar refractivity (Wildman–Crippen MR) is 114 cm³/mol. The molecule has 1 N–H and O–H groups in total. The van der Waals surface area contributed by atoms with Gasteiger partial charge in [-0.1, -0.05) is 42.5 Å². The van der Waals surface area contributed by atoms with E-state index in [1.807, 2.05) is 18.2 Å². The number of piperidine rings is 1. The molecule has 0 radical (unpaired) electrons. The van der Waals surface area contributed by atoms with Crippen LogP contribution in [0.4, 0.5) is 4.79 Å². The number of carbonyl (C=O) groups excluding carboxylic acids is 1. The van der Waals surface area contributed by atoms with Gasteiger partial charge >= 0.3 is 6.16 Å². The minimum absolute atomic E-state index is 0. The zero-order chi connectivity index (χ0) is 18.2. The van der Waals surface area contributed by atoms with Crippen LogP contribution in [0.25, 0.3) is 27.6 Å². The van der Waals surface area contributed by atoms with Gasteiger partial charge in [0.1, 0.15) is 11.9 Å². The van der Waals surface area contributed by atoms with Crippen molar-refractivity contribution >= 4 is 46.2 Å². The Morgan fingerprint density at radius 1 is 0.964 bits per heavy atom. The summed E-state index contributed by atoms with van der Waals surface area (Å²) < 4.78 is 10.8. The van der Waals surface area contributed by atoms with Gasteiger partial charge in [-0.15, -0.1) is 12.4 Å². The first kappa shape index (κ1) is 18.8. The van der Waals surface area contributed by atoms with Crippen molar-refractivity contribution in [1.82, 2.24) is 5.32 Å². The molecule has 1 aliphatic carbocycles. The molecule has 0 unspecified atom stereocenters. The van der Waals surface area contributed by atoms with Gasteiger partial charge in [0.2, 0.25) is 0 Å². The molecule has 1 aliphatic heterocycles. The molecular weight excluding hydrogens is 374 g/mol. The maximum Gasteiger partial charge on any atom is 0.514 e. The lowest BCUT2D eigenvalue weighted by Gasteiger charge is -2.22. The number of nitrogens with one attached hydrogen (secondary N) is 1. The van der Waals surface area contributed by atoms with E-state index in [4.69, 9.17) is 9.47 Å². The van der Waals surface area contributed by atoms with Crippen LogP contribution in [0.3, 0.4) is 0 Å². The fourth-order valence-electron chi connectivity index (χ4n) is 4.12. The summed E-state index contributed by atoms with van der Waals surface area (Å²) in [5.74, 6) is 0.517. The lowest BCUT2D eigenvalue weighted by atomic mass is 9.96. The van der Waals surface area contributed by atoms with Crippen molar-refractivity contribution in [2.75, 3.05) is 13.1 Å². The van der Waals surface area contributed by atoms with E-state index in [1.165, 1.54) is 27.3 Å². The summed E-state index contributed by atoms with van der Waals surface area (Å²) in [6, 6.07) is 14.4. The Balaban J connectivity index is 0.00000192. The van der Waals surface area contributed by atoms with Crippen LogP contribution in [0, 0.1) is 0 Å². The first-order valence-electron chi connectivity index (χ1n) is 9.52. The highest BCUT2D eigenvalue weighted by molar-refractivity contribution is 6.09. The fourth-order valence-corrected chi connectivity index (χ4v) is 4.12. The van der Waals surface area contributed by atoms with E-state index in [0.29, 0.717) is 5.75 Å². The zero-order valence-corrected chi connectivity index (χ0v) is 16.3. The summed E-state index contributed by atoms with van der Waals surface area (Å²) in [6.07, 6.45) is 6.37. The van der Waals surface area contributed by atoms with Gasteiger partial charge in [0, 0.05) is 0 Å². The number of allylic oxidation sites excluding steroid dienone is 1. The quantitative estimate of drug-likeness (QED) is 0.365. The summed E-state index contributed by atoms with van der Waals surface area (Å²) in [5, 5.41) is 8.01. The van der Waals surface area contributed by atoms with Crippen LogP contribution >= 0.6 is 12.4 Å². The number of rotatable bonds is 2. The molecule has 3 aromatic rings. The largest absolute Gasteiger partial charge is 0.514 e. The van der Waals surface area contributed by atoms with Crippen molar-refractivity contribution in [1.29, 1.82) is 0 Å². The number of benzene rings is 3. The molecule has 0 atom stereocenters. The second kappa shape index (κ2) is 7.82. The molecule has 1 heterocycles. The van der Waals surface area contributed by atoms with Gasteiger partial charge < -0.3 is 14.8 Å². The zero-order valence-electron chi connectivity index (χ0n) is 15.4. The smallest absolute Gasteiger partial charge is 0.431 e. The predicted octanol–water partition coefficient (Wildman–Crippen LogP) is 5.25. The molecule has 5 heteroatoms. The third kappa shape index (κ3) is 3.46. The van der Waals surface area contributed by atoms with Gasteiger partial charge in [-0.3, -0.25) is 0 Å². The van der Waals surface area contributed by atoms with Crippen molar-refractivity contribution in [2.24, 2.45) is 0 Å². The highest BCUT2D eigenvalue weighted by Gasteiger charge is 2.19.